The Balaban J connectivity index is 2.12. The second-order valence-corrected chi connectivity index (χ2v) is 6.80. The molecule has 0 spiro atoms. The van der Waals surface area contributed by atoms with Crippen LogP contribution in [-0.2, 0) is 6.42 Å². The second kappa shape index (κ2) is 6.50. The number of amidine groups is 1. The summed E-state index contributed by atoms with van der Waals surface area (Å²) in [5.41, 5.74) is 8.68. The van der Waals surface area contributed by atoms with E-state index in [1.54, 1.807) is 11.3 Å². The average Bonchev–Trinajstić information content (AvgIpc) is 2.85. The predicted octanol–water partition coefficient (Wildman–Crippen LogP) is 3.20. The third-order valence-corrected chi connectivity index (χ3v) is 4.55. The van der Waals surface area contributed by atoms with E-state index in [9.17, 15) is 0 Å². The monoisotopic (exact) mass is 328 g/mol. The van der Waals surface area contributed by atoms with Crippen molar-refractivity contribution in [1.82, 2.24) is 4.98 Å². The highest BCUT2D eigenvalue weighted by atomic mass is 32.1. The Hall–Kier alpha value is -2.21. The third kappa shape index (κ3) is 3.27. The van der Waals surface area contributed by atoms with E-state index in [0.717, 1.165) is 28.4 Å². The molecule has 0 unspecified atom stereocenters. The molecule has 1 aliphatic rings. The first kappa shape index (κ1) is 15.7. The van der Waals surface area contributed by atoms with Crippen LogP contribution in [0.2, 0.25) is 0 Å². The van der Waals surface area contributed by atoms with E-state index >= 15 is 0 Å². The molecule has 3 rings (SSSR count). The molecule has 6 heteroatoms. The first-order valence-electron chi connectivity index (χ1n) is 7.64. The first-order valence-corrected chi connectivity index (χ1v) is 8.46. The molecule has 2 N–H and O–H groups in total. The lowest BCUT2D eigenvalue weighted by Gasteiger charge is -2.07. The van der Waals surface area contributed by atoms with Gasteiger partial charge in [0.25, 0.3) is 0 Å². The summed E-state index contributed by atoms with van der Waals surface area (Å²) in [4.78, 5) is 14.7. The molecule has 0 fully saturated rings. The zero-order chi connectivity index (χ0) is 16.4. The number of rotatable bonds is 2. The van der Waals surface area contributed by atoms with Crippen LogP contribution < -0.4 is 10.5 Å². The van der Waals surface area contributed by atoms with E-state index in [-0.39, 0.29) is 6.04 Å². The van der Waals surface area contributed by atoms with Gasteiger partial charge in [0, 0.05) is 22.9 Å². The van der Waals surface area contributed by atoms with E-state index in [2.05, 4.69) is 29.0 Å². The van der Waals surface area contributed by atoms with Crippen molar-refractivity contribution in [1.29, 1.82) is 0 Å². The number of aryl methyl sites for hydroxylation is 1. The van der Waals surface area contributed by atoms with Crippen LogP contribution in [0.15, 0.2) is 28.2 Å². The van der Waals surface area contributed by atoms with Crippen LogP contribution in [0.1, 0.15) is 29.3 Å². The Morgan fingerprint density at radius 1 is 1.43 bits per heavy atom. The molecule has 0 amide bonds. The molecule has 120 valence electrons. The first-order chi connectivity index (χ1) is 11.1. The molecule has 0 atom stereocenters. The molecule has 0 radical (unpaired) electrons. The third-order valence-electron chi connectivity index (χ3n) is 3.44. The van der Waals surface area contributed by atoms with Crippen molar-refractivity contribution in [2.45, 2.75) is 33.2 Å². The number of thiazole rings is 1. The highest BCUT2D eigenvalue weighted by Gasteiger charge is 2.22. The Labute approximate surface area is 140 Å². The van der Waals surface area contributed by atoms with Crippen LogP contribution in [0.4, 0.5) is 0 Å². The summed E-state index contributed by atoms with van der Waals surface area (Å²) in [6.07, 6.45) is 2.11. The molecule has 23 heavy (non-hydrogen) atoms. The van der Waals surface area contributed by atoms with Gasteiger partial charge in [-0.1, -0.05) is 11.6 Å². The topological polar surface area (TPSA) is 72.9 Å². The van der Waals surface area contributed by atoms with Crippen molar-refractivity contribution >= 4 is 23.5 Å². The largest absolute Gasteiger partial charge is 0.493 e. The minimum absolute atomic E-state index is 0.135. The van der Waals surface area contributed by atoms with Crippen LogP contribution in [0.3, 0.4) is 0 Å². The summed E-state index contributed by atoms with van der Waals surface area (Å²) < 4.78 is 5.84. The fourth-order valence-corrected chi connectivity index (χ4v) is 3.50. The number of aliphatic imine (C=N–C) groups is 2. The fraction of sp³-hybridized carbons (Fsp3) is 0.353. The number of ether oxygens (including phenoxy) is 1. The smallest absolute Gasteiger partial charge is 0.185 e. The van der Waals surface area contributed by atoms with Gasteiger partial charge in [-0.05, 0) is 32.9 Å². The van der Waals surface area contributed by atoms with Gasteiger partial charge in [0.2, 0.25) is 0 Å². The number of nitrogens with two attached hydrogens (primary N) is 1. The van der Waals surface area contributed by atoms with Gasteiger partial charge in [0.1, 0.15) is 5.75 Å². The van der Waals surface area contributed by atoms with Crippen LogP contribution in [0.25, 0.3) is 11.3 Å². The summed E-state index contributed by atoms with van der Waals surface area (Å²) in [6, 6.07) is 6.32. The van der Waals surface area contributed by atoms with Gasteiger partial charge in [-0.3, -0.25) is 4.99 Å². The Morgan fingerprint density at radius 2 is 2.26 bits per heavy atom. The predicted molar refractivity (Wildman–Crippen MR) is 95.8 cm³/mol. The fourth-order valence-electron chi connectivity index (χ4n) is 2.49. The van der Waals surface area contributed by atoms with E-state index in [1.807, 2.05) is 19.9 Å². The maximum absolute atomic E-state index is 5.84. The van der Waals surface area contributed by atoms with Gasteiger partial charge in [-0.25, -0.2) is 9.98 Å². The normalized spacial score (nSPS) is 14.5. The summed E-state index contributed by atoms with van der Waals surface area (Å²) in [7, 11) is 0. The van der Waals surface area contributed by atoms with Gasteiger partial charge in [0.15, 0.2) is 10.8 Å². The Morgan fingerprint density at radius 3 is 3.00 bits per heavy atom. The molecular formula is C17H20N4OS. The number of hydrogen-bond acceptors (Lipinski definition) is 4. The lowest BCUT2D eigenvalue weighted by molar-refractivity contribution is 0.327. The van der Waals surface area contributed by atoms with Crippen molar-refractivity contribution in [3.05, 3.63) is 33.6 Å². The Kier molecular flexibility index (Phi) is 4.43. The molecule has 0 aliphatic carbocycles. The van der Waals surface area contributed by atoms with Crippen molar-refractivity contribution in [2.24, 2.45) is 15.7 Å². The second-order valence-electron chi connectivity index (χ2n) is 5.71. The zero-order valence-electron chi connectivity index (χ0n) is 13.5. The average molecular weight is 328 g/mol. The van der Waals surface area contributed by atoms with Crippen LogP contribution in [-0.4, -0.2) is 29.8 Å². The van der Waals surface area contributed by atoms with Gasteiger partial charge in [-0.15, -0.1) is 11.3 Å². The molecule has 5 nitrogen and oxygen atoms in total. The molecule has 1 aliphatic heterocycles. The van der Waals surface area contributed by atoms with Gasteiger partial charge in [0.05, 0.1) is 18.6 Å². The number of fused-ring (bicyclic) bond motifs is 3. The standard InChI is InChI=1S/C17H20N4OS/c1-10(2)20-16(19-9-18)17-21-15-12-8-11(3)4-5-13(12)22-7-6-14(15)23-17/h4-5,8-10H,6-7H2,1-3H3,(H2,18,19,20). The van der Waals surface area contributed by atoms with Gasteiger partial charge < -0.3 is 10.5 Å². The molecule has 2 aromatic rings. The zero-order valence-corrected chi connectivity index (χ0v) is 14.4. The van der Waals surface area contributed by atoms with E-state index in [1.165, 1.54) is 16.8 Å². The van der Waals surface area contributed by atoms with Crippen LogP contribution in [0, 0.1) is 6.92 Å². The highest BCUT2D eigenvalue weighted by molar-refractivity contribution is 7.14. The summed E-state index contributed by atoms with van der Waals surface area (Å²) in [5.74, 6) is 1.48. The van der Waals surface area contributed by atoms with Crippen LogP contribution in [0.5, 0.6) is 5.75 Å². The summed E-state index contributed by atoms with van der Waals surface area (Å²) >= 11 is 1.62. The quantitative estimate of drug-likeness (QED) is 0.679. The molecular weight excluding hydrogens is 308 g/mol. The molecule has 1 aromatic heterocycles. The number of benzene rings is 1. The Bertz CT molecular complexity index is 777. The maximum Gasteiger partial charge on any atom is 0.185 e. The number of hydrogen-bond donors (Lipinski definition) is 1. The van der Waals surface area contributed by atoms with Crippen molar-refractivity contribution in [3.8, 4) is 17.0 Å². The molecule has 1 aromatic carbocycles. The lowest BCUT2D eigenvalue weighted by atomic mass is 10.1. The number of nitrogens with zero attached hydrogens (tertiary/aromatic N) is 3. The lowest BCUT2D eigenvalue weighted by Crippen LogP contribution is -2.05. The van der Waals surface area contributed by atoms with E-state index < -0.39 is 0 Å². The SMILES string of the molecule is Cc1ccc2c(c1)-c1nc(C(N=CN)=NC(C)C)sc1CCO2. The summed E-state index contributed by atoms with van der Waals surface area (Å²) in [6.45, 7) is 6.75. The molecule has 0 saturated heterocycles. The maximum atomic E-state index is 5.84. The van der Waals surface area contributed by atoms with Crippen molar-refractivity contribution in [2.75, 3.05) is 6.61 Å². The van der Waals surface area contributed by atoms with E-state index in [0.29, 0.717) is 12.4 Å². The minimum Gasteiger partial charge on any atom is -0.493 e. The highest BCUT2D eigenvalue weighted by Crippen LogP contribution is 2.38. The molecule has 0 bridgehead atoms. The molecule has 0 saturated carbocycles. The molecule has 2 heterocycles. The van der Waals surface area contributed by atoms with Gasteiger partial charge >= 0.3 is 0 Å². The van der Waals surface area contributed by atoms with Crippen LogP contribution >= 0.6 is 11.3 Å². The number of aromatic nitrogens is 1. The van der Waals surface area contributed by atoms with Crippen molar-refractivity contribution in [3.63, 3.8) is 0 Å². The van der Waals surface area contributed by atoms with Gasteiger partial charge in [-0.2, -0.15) is 0 Å². The van der Waals surface area contributed by atoms with Crippen molar-refractivity contribution < 1.29 is 4.74 Å². The summed E-state index contributed by atoms with van der Waals surface area (Å²) in [5, 5.41) is 0.805. The minimum atomic E-state index is 0.135. The van der Waals surface area contributed by atoms with E-state index in [4.69, 9.17) is 15.5 Å².